The molecule has 2 aliphatic rings. The van der Waals surface area contributed by atoms with Gasteiger partial charge in [-0.1, -0.05) is 20.3 Å². The maximum Gasteiger partial charge on any atom is 0.306 e. The first-order valence-corrected chi connectivity index (χ1v) is 7.02. The van der Waals surface area contributed by atoms with Crippen LogP contribution in [0.5, 0.6) is 0 Å². The van der Waals surface area contributed by atoms with Gasteiger partial charge in [-0.15, -0.1) is 0 Å². The van der Waals surface area contributed by atoms with Gasteiger partial charge in [0, 0.05) is 18.5 Å². The minimum absolute atomic E-state index is 0.0641. The van der Waals surface area contributed by atoms with Gasteiger partial charge < -0.3 is 10.0 Å². The molecule has 1 saturated carbocycles. The van der Waals surface area contributed by atoms with Gasteiger partial charge in [0.2, 0.25) is 5.91 Å². The lowest BCUT2D eigenvalue weighted by Crippen LogP contribution is -2.52. The van der Waals surface area contributed by atoms with Crippen molar-refractivity contribution in [3.63, 3.8) is 0 Å². The monoisotopic (exact) mass is 253 g/mol. The number of rotatable bonds is 3. The van der Waals surface area contributed by atoms with Crippen molar-refractivity contribution < 1.29 is 14.7 Å². The fraction of sp³-hybridized carbons (Fsp3) is 0.857. The molecule has 2 rings (SSSR count). The molecule has 2 atom stereocenters. The van der Waals surface area contributed by atoms with Crippen LogP contribution in [0.15, 0.2) is 0 Å². The fourth-order valence-electron chi connectivity index (χ4n) is 3.35. The van der Waals surface area contributed by atoms with E-state index >= 15 is 0 Å². The van der Waals surface area contributed by atoms with Crippen LogP contribution in [0.3, 0.4) is 0 Å². The molecule has 4 nitrogen and oxygen atoms in total. The molecule has 1 heterocycles. The van der Waals surface area contributed by atoms with Crippen LogP contribution in [0, 0.1) is 17.3 Å². The van der Waals surface area contributed by atoms with Gasteiger partial charge in [0.15, 0.2) is 0 Å². The van der Waals surface area contributed by atoms with Gasteiger partial charge in [0.25, 0.3) is 0 Å². The Morgan fingerprint density at radius 3 is 2.44 bits per heavy atom. The highest BCUT2D eigenvalue weighted by Gasteiger charge is 2.46. The van der Waals surface area contributed by atoms with Gasteiger partial charge in [-0.05, 0) is 31.6 Å². The lowest BCUT2D eigenvalue weighted by molar-refractivity contribution is -0.155. The zero-order valence-corrected chi connectivity index (χ0v) is 11.3. The van der Waals surface area contributed by atoms with E-state index in [1.54, 1.807) is 0 Å². The van der Waals surface area contributed by atoms with Crippen molar-refractivity contribution in [3.05, 3.63) is 0 Å². The predicted octanol–water partition coefficient (Wildman–Crippen LogP) is 2.14. The molecule has 1 saturated heterocycles. The van der Waals surface area contributed by atoms with Gasteiger partial charge >= 0.3 is 5.97 Å². The van der Waals surface area contributed by atoms with Crippen LogP contribution in [0.2, 0.25) is 0 Å². The molecule has 1 N–H and O–H groups in total. The Kier molecular flexibility index (Phi) is 3.64. The SMILES string of the molecule is CCC1(C(=O)N2CCC(C(=O)O)C(C)C2)CCC1. The summed E-state index contributed by atoms with van der Waals surface area (Å²) in [5.41, 5.74) is -0.115. The third kappa shape index (κ3) is 2.13. The highest BCUT2D eigenvalue weighted by atomic mass is 16.4. The van der Waals surface area contributed by atoms with E-state index in [9.17, 15) is 9.59 Å². The van der Waals surface area contributed by atoms with Crippen LogP contribution in [0.4, 0.5) is 0 Å². The van der Waals surface area contributed by atoms with Crippen LogP contribution >= 0.6 is 0 Å². The number of amides is 1. The van der Waals surface area contributed by atoms with E-state index in [1.165, 1.54) is 0 Å². The molecule has 0 spiro atoms. The second-order valence-corrected chi connectivity index (χ2v) is 5.95. The number of carbonyl (C=O) groups is 2. The summed E-state index contributed by atoms with van der Waals surface area (Å²) in [5, 5.41) is 9.09. The number of nitrogens with zero attached hydrogens (tertiary/aromatic N) is 1. The molecular formula is C14H23NO3. The largest absolute Gasteiger partial charge is 0.481 e. The maximum atomic E-state index is 12.5. The number of aliphatic carboxylic acids is 1. The highest BCUT2D eigenvalue weighted by Crippen LogP contribution is 2.45. The Bertz CT molecular complexity index is 343. The Morgan fingerprint density at radius 1 is 1.39 bits per heavy atom. The number of hydrogen-bond donors (Lipinski definition) is 1. The molecule has 4 heteroatoms. The Labute approximate surface area is 108 Å². The number of hydrogen-bond acceptors (Lipinski definition) is 2. The van der Waals surface area contributed by atoms with Crippen molar-refractivity contribution in [1.82, 2.24) is 4.90 Å². The summed E-state index contributed by atoms with van der Waals surface area (Å²) >= 11 is 0. The third-order valence-electron chi connectivity index (χ3n) is 4.95. The van der Waals surface area contributed by atoms with Crippen LogP contribution in [-0.4, -0.2) is 35.0 Å². The maximum absolute atomic E-state index is 12.5. The Morgan fingerprint density at radius 2 is 2.06 bits per heavy atom. The first-order valence-electron chi connectivity index (χ1n) is 7.02. The zero-order valence-electron chi connectivity index (χ0n) is 11.3. The normalized spacial score (nSPS) is 30.7. The summed E-state index contributed by atoms with van der Waals surface area (Å²) in [4.78, 5) is 25.5. The second-order valence-electron chi connectivity index (χ2n) is 5.95. The Balaban J connectivity index is 2.00. The molecule has 0 aromatic heterocycles. The molecule has 1 aliphatic carbocycles. The predicted molar refractivity (Wildman–Crippen MR) is 68.1 cm³/mol. The highest BCUT2D eigenvalue weighted by molar-refractivity contribution is 5.84. The topological polar surface area (TPSA) is 57.6 Å². The molecule has 1 aliphatic heterocycles. The van der Waals surface area contributed by atoms with E-state index in [0.29, 0.717) is 19.5 Å². The molecule has 0 bridgehead atoms. The number of likely N-dealkylation sites (tertiary alicyclic amines) is 1. The van der Waals surface area contributed by atoms with Crippen LogP contribution in [0.25, 0.3) is 0 Å². The van der Waals surface area contributed by atoms with Crippen molar-refractivity contribution in [1.29, 1.82) is 0 Å². The van der Waals surface area contributed by atoms with Crippen molar-refractivity contribution >= 4 is 11.9 Å². The molecule has 18 heavy (non-hydrogen) atoms. The molecular weight excluding hydrogens is 230 g/mol. The van der Waals surface area contributed by atoms with Crippen molar-refractivity contribution in [2.45, 2.75) is 46.0 Å². The summed E-state index contributed by atoms with van der Waals surface area (Å²) < 4.78 is 0. The van der Waals surface area contributed by atoms with Gasteiger partial charge in [-0.3, -0.25) is 9.59 Å². The zero-order chi connectivity index (χ0) is 13.3. The summed E-state index contributed by atoms with van der Waals surface area (Å²) in [6.45, 7) is 5.25. The lowest BCUT2D eigenvalue weighted by atomic mass is 9.65. The quantitative estimate of drug-likeness (QED) is 0.838. The molecule has 2 fully saturated rings. The molecule has 1 amide bonds. The number of carboxylic acids is 1. The van der Waals surface area contributed by atoms with E-state index < -0.39 is 5.97 Å². The van der Waals surface area contributed by atoms with Gasteiger partial charge in [0.1, 0.15) is 0 Å². The van der Waals surface area contributed by atoms with Crippen molar-refractivity contribution in [2.24, 2.45) is 17.3 Å². The standard InChI is InChI=1S/C14H23NO3/c1-3-14(6-4-7-14)13(18)15-8-5-11(12(16)17)10(2)9-15/h10-11H,3-9H2,1-2H3,(H,16,17). The first kappa shape index (κ1) is 13.4. The van der Waals surface area contributed by atoms with Gasteiger partial charge in [0.05, 0.1) is 5.92 Å². The molecule has 0 aromatic rings. The van der Waals surface area contributed by atoms with E-state index in [-0.39, 0.29) is 23.2 Å². The first-order chi connectivity index (χ1) is 8.50. The summed E-state index contributed by atoms with van der Waals surface area (Å²) in [6.07, 6.45) is 4.69. The minimum atomic E-state index is -0.719. The number of piperidine rings is 1. The third-order valence-corrected chi connectivity index (χ3v) is 4.95. The number of carboxylic acid groups (broad SMARTS) is 1. The van der Waals surface area contributed by atoms with Crippen LogP contribution in [0.1, 0.15) is 46.0 Å². The van der Waals surface area contributed by atoms with E-state index in [2.05, 4.69) is 6.92 Å². The smallest absolute Gasteiger partial charge is 0.306 e. The summed E-state index contributed by atoms with van der Waals surface area (Å²) in [7, 11) is 0. The van der Waals surface area contributed by atoms with Crippen molar-refractivity contribution in [3.8, 4) is 0 Å². The molecule has 2 unspecified atom stereocenters. The molecule has 0 radical (unpaired) electrons. The van der Waals surface area contributed by atoms with Crippen LogP contribution < -0.4 is 0 Å². The molecule has 102 valence electrons. The fourth-order valence-corrected chi connectivity index (χ4v) is 3.35. The van der Waals surface area contributed by atoms with E-state index in [0.717, 1.165) is 25.7 Å². The van der Waals surface area contributed by atoms with Gasteiger partial charge in [-0.2, -0.15) is 0 Å². The van der Waals surface area contributed by atoms with E-state index in [4.69, 9.17) is 5.11 Å². The molecule has 0 aromatic carbocycles. The van der Waals surface area contributed by atoms with Gasteiger partial charge in [-0.25, -0.2) is 0 Å². The average Bonchev–Trinajstić information content (AvgIpc) is 2.27. The summed E-state index contributed by atoms with van der Waals surface area (Å²) in [5.74, 6) is -0.669. The van der Waals surface area contributed by atoms with Crippen LogP contribution in [-0.2, 0) is 9.59 Å². The van der Waals surface area contributed by atoms with E-state index in [1.807, 2.05) is 11.8 Å². The lowest BCUT2D eigenvalue weighted by Gasteiger charge is -2.45. The Hall–Kier alpha value is -1.06. The number of carbonyl (C=O) groups excluding carboxylic acids is 1. The van der Waals surface area contributed by atoms with Crippen molar-refractivity contribution in [2.75, 3.05) is 13.1 Å². The minimum Gasteiger partial charge on any atom is -0.481 e. The second kappa shape index (κ2) is 4.90. The average molecular weight is 253 g/mol. The summed E-state index contributed by atoms with van der Waals surface area (Å²) in [6, 6.07) is 0.